The molecule has 1 amide bonds. The lowest BCUT2D eigenvalue weighted by Gasteiger charge is -2.30. The number of pyridine rings is 1. The fourth-order valence-electron chi connectivity index (χ4n) is 3.08. The van der Waals surface area contributed by atoms with Gasteiger partial charge in [0, 0.05) is 39.7 Å². The maximum absolute atomic E-state index is 12.2. The molecule has 6 nitrogen and oxygen atoms in total. The molecule has 0 radical (unpaired) electrons. The summed E-state index contributed by atoms with van der Waals surface area (Å²) >= 11 is 12.8. The summed E-state index contributed by atoms with van der Waals surface area (Å²) in [7, 11) is 0. The van der Waals surface area contributed by atoms with Gasteiger partial charge in [0.25, 0.3) is 0 Å². The number of hydrogen-bond donors (Lipinski definition) is 1. The van der Waals surface area contributed by atoms with Crippen LogP contribution in [0.5, 0.6) is 0 Å². The molecular formula is C18H16Cl2N4O2. The van der Waals surface area contributed by atoms with E-state index in [-0.39, 0.29) is 24.5 Å². The largest absolute Gasteiger partial charge is 0.450 e. The molecule has 3 rings (SSSR count). The van der Waals surface area contributed by atoms with E-state index in [1.807, 2.05) is 0 Å². The van der Waals surface area contributed by atoms with E-state index in [1.165, 1.54) is 0 Å². The van der Waals surface area contributed by atoms with Crippen molar-refractivity contribution in [3.05, 3.63) is 45.1 Å². The van der Waals surface area contributed by atoms with Gasteiger partial charge in [-0.15, -0.1) is 0 Å². The quantitative estimate of drug-likeness (QED) is 0.835. The van der Waals surface area contributed by atoms with E-state index < -0.39 is 6.09 Å². The first-order chi connectivity index (χ1) is 12.5. The van der Waals surface area contributed by atoms with E-state index in [1.54, 1.807) is 30.0 Å². The Labute approximate surface area is 161 Å². The van der Waals surface area contributed by atoms with E-state index in [0.29, 0.717) is 39.7 Å². The highest BCUT2D eigenvalue weighted by atomic mass is 35.5. The second kappa shape index (κ2) is 7.40. The van der Waals surface area contributed by atoms with Crippen molar-refractivity contribution < 1.29 is 9.53 Å². The Morgan fingerprint density at radius 2 is 2.08 bits per heavy atom. The molecule has 0 saturated carbocycles. The lowest BCUT2D eigenvalue weighted by atomic mass is 9.91. The number of nitrogens with zero attached hydrogens (tertiary/aromatic N) is 3. The number of amides is 1. The van der Waals surface area contributed by atoms with Crippen molar-refractivity contribution in [1.29, 1.82) is 5.26 Å². The first-order valence-corrected chi connectivity index (χ1v) is 8.80. The number of carbonyl (C=O) groups is 1. The van der Waals surface area contributed by atoms with Gasteiger partial charge < -0.3 is 15.4 Å². The molecule has 0 unspecified atom stereocenters. The molecular weight excluding hydrogens is 375 g/mol. The molecule has 8 heteroatoms. The lowest BCUT2D eigenvalue weighted by Crippen LogP contribution is -2.37. The van der Waals surface area contributed by atoms with Gasteiger partial charge in [-0.1, -0.05) is 29.3 Å². The number of fused-ring (bicyclic) bond motifs is 1. The fraction of sp³-hybridized carbons (Fsp3) is 0.278. The van der Waals surface area contributed by atoms with Crippen molar-refractivity contribution >= 4 is 35.1 Å². The summed E-state index contributed by atoms with van der Waals surface area (Å²) in [5, 5.41) is 10.4. The van der Waals surface area contributed by atoms with Crippen LogP contribution in [0.2, 0.25) is 10.0 Å². The Morgan fingerprint density at radius 1 is 1.38 bits per heavy atom. The minimum absolute atomic E-state index is 0.127. The van der Waals surface area contributed by atoms with Crippen molar-refractivity contribution in [3.63, 3.8) is 0 Å². The summed E-state index contributed by atoms with van der Waals surface area (Å²) in [6, 6.07) is 7.21. The van der Waals surface area contributed by atoms with Gasteiger partial charge in [0.2, 0.25) is 0 Å². The summed E-state index contributed by atoms with van der Waals surface area (Å²) in [5.74, 6) is 0.127. The molecule has 2 aromatic rings. The van der Waals surface area contributed by atoms with Crippen LogP contribution in [0.1, 0.15) is 23.7 Å². The highest BCUT2D eigenvalue weighted by Crippen LogP contribution is 2.42. The number of aromatic nitrogens is 1. The minimum Gasteiger partial charge on any atom is -0.450 e. The zero-order valence-corrected chi connectivity index (χ0v) is 15.6. The maximum atomic E-state index is 12.2. The summed E-state index contributed by atoms with van der Waals surface area (Å²) in [6.45, 7) is 2.74. The van der Waals surface area contributed by atoms with Gasteiger partial charge in [-0.25, -0.2) is 9.78 Å². The van der Waals surface area contributed by atoms with Crippen LogP contribution in [-0.2, 0) is 17.7 Å². The molecule has 0 aliphatic carbocycles. The third-order valence-corrected chi connectivity index (χ3v) is 4.86. The molecule has 1 aliphatic rings. The Hall–Kier alpha value is -2.49. The molecule has 0 fully saturated rings. The smallest absolute Gasteiger partial charge is 0.410 e. The second-order valence-electron chi connectivity index (χ2n) is 5.75. The monoisotopic (exact) mass is 390 g/mol. The zero-order valence-electron chi connectivity index (χ0n) is 14.1. The van der Waals surface area contributed by atoms with Crippen molar-refractivity contribution in [2.45, 2.75) is 19.9 Å². The Kier molecular flexibility index (Phi) is 5.21. The highest BCUT2D eigenvalue weighted by Gasteiger charge is 2.29. The lowest BCUT2D eigenvalue weighted by molar-refractivity contribution is 0.102. The van der Waals surface area contributed by atoms with Gasteiger partial charge in [0.05, 0.1) is 18.8 Å². The standard InChI is InChI=1S/C18H16Cl2N4O2/c1-2-26-18(25)24-7-6-14-11(9-24)15(10(8-21)17(22)23-14)16-12(19)4-3-5-13(16)20/h3-5H,2,6-7,9H2,1H3,(H2,22,23). The number of ether oxygens (including phenoxy) is 1. The molecule has 0 atom stereocenters. The predicted molar refractivity (Wildman–Crippen MR) is 100.0 cm³/mol. The van der Waals surface area contributed by atoms with Gasteiger partial charge in [0.1, 0.15) is 17.5 Å². The Balaban J connectivity index is 2.23. The first-order valence-electron chi connectivity index (χ1n) is 8.05. The zero-order chi connectivity index (χ0) is 18.8. The molecule has 26 heavy (non-hydrogen) atoms. The molecule has 1 aliphatic heterocycles. The Morgan fingerprint density at radius 3 is 2.69 bits per heavy atom. The minimum atomic E-state index is -0.412. The molecule has 2 heterocycles. The fourth-order valence-corrected chi connectivity index (χ4v) is 3.66. The predicted octanol–water partition coefficient (Wildman–Crippen LogP) is 4.02. The average Bonchev–Trinajstić information content (AvgIpc) is 2.61. The maximum Gasteiger partial charge on any atom is 0.410 e. The van der Waals surface area contributed by atoms with Gasteiger partial charge >= 0.3 is 6.09 Å². The summed E-state index contributed by atoms with van der Waals surface area (Å²) in [5.41, 5.74) is 8.70. The van der Waals surface area contributed by atoms with Gasteiger partial charge in [-0.05, 0) is 19.1 Å². The van der Waals surface area contributed by atoms with E-state index in [9.17, 15) is 10.1 Å². The molecule has 0 bridgehead atoms. The van der Waals surface area contributed by atoms with Crippen LogP contribution in [0.15, 0.2) is 18.2 Å². The number of halogens is 2. The number of nitrogens with two attached hydrogens (primary N) is 1. The van der Waals surface area contributed by atoms with Crippen LogP contribution in [0, 0.1) is 11.3 Å². The van der Waals surface area contributed by atoms with Crippen molar-refractivity contribution in [3.8, 4) is 17.2 Å². The number of hydrogen-bond acceptors (Lipinski definition) is 5. The van der Waals surface area contributed by atoms with Crippen molar-refractivity contribution in [2.24, 2.45) is 0 Å². The van der Waals surface area contributed by atoms with Crippen LogP contribution in [0.25, 0.3) is 11.1 Å². The number of anilines is 1. The molecule has 134 valence electrons. The Bertz CT molecular complexity index is 904. The molecule has 1 aromatic heterocycles. The topological polar surface area (TPSA) is 92.2 Å². The highest BCUT2D eigenvalue weighted by molar-refractivity contribution is 6.39. The summed E-state index contributed by atoms with van der Waals surface area (Å²) in [4.78, 5) is 18.1. The second-order valence-corrected chi connectivity index (χ2v) is 6.57. The average molecular weight is 391 g/mol. The first kappa shape index (κ1) is 18.3. The van der Waals surface area contributed by atoms with Crippen LogP contribution >= 0.6 is 23.2 Å². The van der Waals surface area contributed by atoms with E-state index in [4.69, 9.17) is 33.7 Å². The van der Waals surface area contributed by atoms with E-state index >= 15 is 0 Å². The normalized spacial score (nSPS) is 13.1. The van der Waals surface area contributed by atoms with E-state index in [0.717, 1.165) is 5.69 Å². The van der Waals surface area contributed by atoms with E-state index in [2.05, 4.69) is 11.1 Å². The number of nitrogen functional groups attached to an aromatic ring is 1. The molecule has 0 saturated heterocycles. The van der Waals surface area contributed by atoms with Gasteiger partial charge in [0.15, 0.2) is 0 Å². The van der Waals surface area contributed by atoms with Crippen LogP contribution in [-0.4, -0.2) is 29.1 Å². The third-order valence-electron chi connectivity index (χ3n) is 4.23. The SMILES string of the molecule is CCOC(=O)N1CCc2nc(N)c(C#N)c(-c3c(Cl)cccc3Cl)c2C1. The molecule has 2 N–H and O–H groups in total. The van der Waals surface area contributed by atoms with Crippen LogP contribution in [0.4, 0.5) is 10.6 Å². The van der Waals surface area contributed by atoms with Crippen molar-refractivity contribution in [2.75, 3.05) is 18.9 Å². The summed E-state index contributed by atoms with van der Waals surface area (Å²) < 4.78 is 5.09. The van der Waals surface area contributed by atoms with Gasteiger partial charge in [-0.3, -0.25) is 0 Å². The molecule has 1 aromatic carbocycles. The number of nitriles is 1. The van der Waals surface area contributed by atoms with Crippen molar-refractivity contribution in [1.82, 2.24) is 9.88 Å². The van der Waals surface area contributed by atoms with Gasteiger partial charge in [-0.2, -0.15) is 5.26 Å². The third kappa shape index (κ3) is 3.16. The number of benzene rings is 1. The number of rotatable bonds is 2. The number of carbonyl (C=O) groups excluding carboxylic acids is 1. The van der Waals surface area contributed by atoms with Crippen LogP contribution in [0.3, 0.4) is 0 Å². The van der Waals surface area contributed by atoms with Crippen LogP contribution < -0.4 is 5.73 Å². The summed E-state index contributed by atoms with van der Waals surface area (Å²) in [6.07, 6.45) is 0.0868. The molecule has 0 spiro atoms.